The Hall–Kier alpha value is -6.66. The third-order valence-corrected chi connectivity index (χ3v) is 12.1. The van der Waals surface area contributed by atoms with Gasteiger partial charge in [-0.05, 0) is 60.9 Å². The fraction of sp³-hybridized carbons (Fsp3) is 0.400. The smallest absolute Gasteiger partial charge is 0.343 e. The zero-order chi connectivity index (χ0) is 45.2. The molecule has 0 spiro atoms. The number of nitrogens with zero attached hydrogens (tertiary/aromatic N) is 2. The minimum Gasteiger partial charge on any atom is -0.458 e. The number of pyridine rings is 2. The van der Waals surface area contributed by atoms with E-state index in [1.807, 2.05) is 6.07 Å². The Bertz CT molecular complexity index is 2630. The van der Waals surface area contributed by atoms with Crippen LogP contribution >= 0.6 is 0 Å². The van der Waals surface area contributed by atoms with Crippen molar-refractivity contribution >= 4 is 52.1 Å². The zero-order valence-corrected chi connectivity index (χ0v) is 34.9. The number of cyclic esters (lactones) is 1. The number of ketones is 2. The highest BCUT2D eigenvalue weighted by Gasteiger charge is 2.46. The zero-order valence-electron chi connectivity index (χ0n) is 34.9. The summed E-state index contributed by atoms with van der Waals surface area (Å²) in [6.45, 7) is 1.62. The van der Waals surface area contributed by atoms with Crippen molar-refractivity contribution in [3.05, 3.63) is 97.6 Å². The average Bonchev–Trinajstić information content (AvgIpc) is 3.65. The number of amides is 4. The molecule has 17 nitrogen and oxygen atoms in total. The van der Waals surface area contributed by atoms with Gasteiger partial charge in [-0.15, -0.1) is 0 Å². The van der Waals surface area contributed by atoms with Crippen LogP contribution in [0.5, 0.6) is 0 Å². The third kappa shape index (κ3) is 8.99. The van der Waals surface area contributed by atoms with Gasteiger partial charge in [0, 0.05) is 47.8 Å². The van der Waals surface area contributed by atoms with Crippen molar-refractivity contribution < 1.29 is 47.8 Å². The molecule has 4 amide bonds. The van der Waals surface area contributed by atoms with Gasteiger partial charge in [-0.2, -0.15) is 0 Å². The number of hydrogen-bond donors (Lipinski definition) is 6. The highest BCUT2D eigenvalue weighted by Crippen LogP contribution is 2.46. The van der Waals surface area contributed by atoms with Crippen molar-refractivity contribution in [2.45, 2.75) is 83.6 Å². The minimum atomic E-state index is -2.04. The van der Waals surface area contributed by atoms with Gasteiger partial charge in [0.1, 0.15) is 12.4 Å². The van der Waals surface area contributed by atoms with Crippen LogP contribution in [-0.4, -0.2) is 82.0 Å². The topological polar surface area (TPSA) is 258 Å². The van der Waals surface area contributed by atoms with Gasteiger partial charge in [0.05, 0.1) is 61.2 Å². The van der Waals surface area contributed by atoms with E-state index in [1.54, 1.807) is 44.2 Å². The quantitative estimate of drug-likeness (QED) is 0.0719. The van der Waals surface area contributed by atoms with E-state index in [4.69, 9.17) is 15.5 Å². The Balaban J connectivity index is 0.989. The highest BCUT2D eigenvalue weighted by atomic mass is 19.1. The Labute approximate surface area is 360 Å². The molecule has 63 heavy (non-hydrogen) atoms. The number of aromatic nitrogens is 2. The molecule has 2 aromatic heterocycles. The van der Waals surface area contributed by atoms with Crippen molar-refractivity contribution in [3.8, 4) is 11.4 Å². The molecule has 1 aliphatic carbocycles. The van der Waals surface area contributed by atoms with E-state index in [9.17, 15) is 43.5 Å². The number of aliphatic hydroxyl groups is 1. The van der Waals surface area contributed by atoms with E-state index in [2.05, 4.69) is 21.3 Å². The Morgan fingerprint density at radius 3 is 2.41 bits per heavy atom. The predicted octanol–water partition coefficient (Wildman–Crippen LogP) is 1.11. The van der Waals surface area contributed by atoms with Crippen molar-refractivity contribution in [2.75, 3.05) is 26.2 Å². The lowest BCUT2D eigenvalue weighted by atomic mass is 9.81. The highest BCUT2D eigenvalue weighted by molar-refractivity contribution is 5.95. The van der Waals surface area contributed by atoms with Crippen molar-refractivity contribution in [2.24, 2.45) is 11.7 Å². The number of nitrogens with two attached hydrogens (primary N) is 1. The first-order valence-electron chi connectivity index (χ1n) is 20.8. The lowest BCUT2D eigenvalue weighted by molar-refractivity contribution is -0.172. The number of esters is 1. The van der Waals surface area contributed by atoms with Gasteiger partial charge in [-0.3, -0.25) is 33.6 Å². The summed E-state index contributed by atoms with van der Waals surface area (Å²) in [5, 5.41) is 22.4. The lowest BCUT2D eigenvalue weighted by Crippen LogP contribution is -2.44. The molecule has 4 aromatic rings. The van der Waals surface area contributed by atoms with E-state index in [0.717, 1.165) is 11.1 Å². The summed E-state index contributed by atoms with van der Waals surface area (Å²) in [7, 11) is 0. The fourth-order valence-corrected chi connectivity index (χ4v) is 8.66. The van der Waals surface area contributed by atoms with Crippen molar-refractivity contribution in [3.63, 3.8) is 0 Å². The molecule has 7 N–H and O–H groups in total. The summed E-state index contributed by atoms with van der Waals surface area (Å²) >= 11 is 0. The van der Waals surface area contributed by atoms with Crippen LogP contribution in [0.15, 0.2) is 47.3 Å². The Morgan fingerprint density at radius 2 is 1.68 bits per heavy atom. The molecule has 0 bridgehead atoms. The van der Waals surface area contributed by atoms with Crippen LogP contribution in [0.3, 0.4) is 0 Å². The number of carbonyl (C=O) groups is 7. The molecule has 0 radical (unpaired) electrons. The molecule has 0 unspecified atom stereocenters. The van der Waals surface area contributed by atoms with Crippen LogP contribution in [-0.2, 0) is 69.9 Å². The monoisotopic (exact) mass is 865 g/mol. The summed E-state index contributed by atoms with van der Waals surface area (Å²) in [4.78, 5) is 108. The molecule has 3 aliphatic rings. The first-order valence-corrected chi connectivity index (χ1v) is 20.8. The fourth-order valence-electron chi connectivity index (χ4n) is 8.66. The number of hydrogen-bond acceptors (Lipinski definition) is 12. The number of carbonyl (C=O) groups excluding carboxylic acids is 7. The number of Topliss-reactive ketones (excluding diaryl/α,β-unsaturated/α-hetero) is 2. The van der Waals surface area contributed by atoms with Gasteiger partial charge in [0.15, 0.2) is 17.2 Å². The predicted molar refractivity (Wildman–Crippen MR) is 224 cm³/mol. The van der Waals surface area contributed by atoms with Crippen molar-refractivity contribution in [1.29, 1.82) is 0 Å². The molecule has 3 atom stereocenters. The number of rotatable bonds is 17. The number of halogens is 1. The normalized spacial score (nSPS) is 17.4. The van der Waals surface area contributed by atoms with Crippen molar-refractivity contribution in [1.82, 2.24) is 30.8 Å². The molecule has 2 aromatic carbocycles. The maximum atomic E-state index is 15.3. The number of fused-ring (bicyclic) bond motifs is 5. The standard InChI is InChI=1S/C45H48FN7O10/c1-3-45(62)31-15-35-41-29(21-53(35)43(60)30(31)22-63-44(45)61)40-33(11-10-28-23(2)32(46)16-34(52-41)39(28)40)51-38(58)20-49-36(56)12-9-26(54)18-50-42(59)25(13-24-7-5-4-6-8-24)14-27(55)19-48-37(57)17-47/h4-8,15-16,25,33,62H,3,9-14,17-22,47H2,1-2H3,(H,48,57)(H,49,56)(H,50,59)(H,51,58)/t25-,33+,45+/m1/s1. The summed E-state index contributed by atoms with van der Waals surface area (Å²) in [6, 6.07) is 11.2. The van der Waals surface area contributed by atoms with Crippen LogP contribution in [0.4, 0.5) is 4.39 Å². The molecular formula is C45H48FN7O10. The third-order valence-electron chi connectivity index (χ3n) is 12.1. The number of benzene rings is 2. The molecule has 7 rings (SSSR count). The second-order valence-corrected chi connectivity index (χ2v) is 16.1. The largest absolute Gasteiger partial charge is 0.458 e. The summed E-state index contributed by atoms with van der Waals surface area (Å²) < 4.78 is 22.0. The van der Waals surface area contributed by atoms with E-state index < -0.39 is 77.4 Å². The molecule has 0 saturated heterocycles. The summed E-state index contributed by atoms with van der Waals surface area (Å²) in [5.41, 5.74) is 7.28. The van der Waals surface area contributed by atoms with E-state index in [-0.39, 0.29) is 75.3 Å². The van der Waals surface area contributed by atoms with Gasteiger partial charge in [0.2, 0.25) is 23.6 Å². The first kappa shape index (κ1) is 44.4. The van der Waals surface area contributed by atoms with Gasteiger partial charge < -0.3 is 41.4 Å². The first-order chi connectivity index (χ1) is 30.1. The number of nitrogens with one attached hydrogen (secondary N) is 4. The maximum Gasteiger partial charge on any atom is 0.343 e. The lowest BCUT2D eigenvalue weighted by Gasteiger charge is -2.31. The molecule has 18 heteroatoms. The van der Waals surface area contributed by atoms with Crippen LogP contribution < -0.4 is 32.6 Å². The molecule has 0 saturated carbocycles. The van der Waals surface area contributed by atoms with Gasteiger partial charge in [0.25, 0.3) is 5.56 Å². The molecule has 330 valence electrons. The number of ether oxygens (including phenoxy) is 1. The van der Waals surface area contributed by atoms with Crippen LogP contribution in [0.2, 0.25) is 0 Å². The summed E-state index contributed by atoms with van der Waals surface area (Å²) in [6.07, 6.45) is 0.243. The maximum absolute atomic E-state index is 15.3. The SMILES string of the molecule is CC[C@@]1(O)C(=O)OCc2c1cc1n(c2=O)Cc2c-1nc1cc(F)c(C)c3c1c2[C@@H](NC(=O)CNC(=O)CCC(=O)CNC(=O)[C@@H](CC(=O)CNC(=O)CN)Cc1ccccc1)CC3. The molecule has 2 aliphatic heterocycles. The molecular weight excluding hydrogens is 818 g/mol. The van der Waals surface area contributed by atoms with Crippen LogP contribution in [0, 0.1) is 18.7 Å². The van der Waals surface area contributed by atoms with Crippen LogP contribution in [0.1, 0.15) is 84.0 Å². The number of aryl methyl sites for hydroxylation is 1. The van der Waals surface area contributed by atoms with E-state index in [0.29, 0.717) is 51.8 Å². The van der Waals surface area contributed by atoms with Gasteiger partial charge in [-0.1, -0.05) is 37.3 Å². The molecule has 4 heterocycles. The minimum absolute atomic E-state index is 0.0423. The Kier molecular flexibility index (Phi) is 12.9. The second-order valence-electron chi connectivity index (χ2n) is 16.1. The van der Waals surface area contributed by atoms with Gasteiger partial charge >= 0.3 is 5.97 Å². The average molecular weight is 866 g/mol. The van der Waals surface area contributed by atoms with E-state index >= 15 is 4.39 Å². The Morgan fingerprint density at radius 1 is 0.952 bits per heavy atom. The molecule has 0 fully saturated rings. The van der Waals surface area contributed by atoms with E-state index in [1.165, 1.54) is 10.6 Å². The van der Waals surface area contributed by atoms with Crippen LogP contribution in [0.25, 0.3) is 22.3 Å². The summed E-state index contributed by atoms with van der Waals surface area (Å²) in [5.74, 6) is -5.18. The second kappa shape index (κ2) is 18.4. The van der Waals surface area contributed by atoms with Gasteiger partial charge in [-0.25, -0.2) is 14.2 Å².